The highest BCUT2D eigenvalue weighted by atomic mass is 19.3. The number of rotatable bonds is 6. The molecule has 0 bridgehead atoms. The number of benzene rings is 2. The van der Waals surface area contributed by atoms with Gasteiger partial charge in [-0.15, -0.1) is 0 Å². The predicted octanol–water partition coefficient (Wildman–Crippen LogP) is 3.23. The lowest BCUT2D eigenvalue weighted by Gasteiger charge is -2.22. The number of alkyl halides is 2. The normalized spacial score (nSPS) is 23.7. The van der Waals surface area contributed by atoms with Gasteiger partial charge in [0.15, 0.2) is 0 Å². The number of aliphatic hydroxyl groups is 1. The van der Waals surface area contributed by atoms with Gasteiger partial charge in [-0.3, -0.25) is 4.90 Å². The van der Waals surface area contributed by atoms with Crippen molar-refractivity contribution in [2.24, 2.45) is 11.8 Å². The third-order valence-corrected chi connectivity index (χ3v) is 5.92. The summed E-state index contributed by atoms with van der Waals surface area (Å²) in [5, 5.41) is 20.1. The number of aliphatic hydroxyl groups excluding tert-OH is 1. The molecule has 1 N–H and O–H groups in total. The zero-order valence-electron chi connectivity index (χ0n) is 15.7. The van der Waals surface area contributed by atoms with Gasteiger partial charge in [-0.2, -0.15) is 10.2 Å². The number of halogens is 2. The Morgan fingerprint density at radius 3 is 2.59 bits per heavy atom. The Morgan fingerprint density at radius 1 is 1.03 bits per heavy atom. The van der Waals surface area contributed by atoms with Crippen LogP contribution in [0.15, 0.2) is 54.9 Å². The van der Waals surface area contributed by atoms with E-state index in [-0.39, 0.29) is 6.61 Å². The minimum Gasteiger partial charge on any atom is -0.491 e. The van der Waals surface area contributed by atoms with Gasteiger partial charge >= 0.3 is 0 Å². The lowest BCUT2D eigenvalue weighted by atomic mass is 10.0. The average molecular weight is 397 g/mol. The van der Waals surface area contributed by atoms with Gasteiger partial charge in [0.1, 0.15) is 18.5 Å². The van der Waals surface area contributed by atoms with Crippen molar-refractivity contribution < 1.29 is 18.6 Å². The summed E-state index contributed by atoms with van der Waals surface area (Å²) in [7, 11) is 0. The largest absolute Gasteiger partial charge is 0.491 e. The summed E-state index contributed by atoms with van der Waals surface area (Å²) < 4.78 is 32.3. The van der Waals surface area contributed by atoms with E-state index in [9.17, 15) is 13.9 Å². The first kappa shape index (κ1) is 18.4. The van der Waals surface area contributed by atoms with Gasteiger partial charge in [-0.1, -0.05) is 18.2 Å². The molecular formula is C22H21F2N3O2. The predicted molar refractivity (Wildman–Crippen MR) is 105 cm³/mol. The van der Waals surface area contributed by atoms with E-state index in [0.717, 1.165) is 21.9 Å². The molecule has 1 aliphatic heterocycles. The number of fused-ring (bicyclic) bond motifs is 2. The molecule has 3 aromatic rings. The Hall–Kier alpha value is -2.64. The fraction of sp³-hybridized carbons (Fsp3) is 0.364. The van der Waals surface area contributed by atoms with Gasteiger partial charge in [0.05, 0.1) is 12.4 Å². The molecule has 1 aromatic heterocycles. The summed E-state index contributed by atoms with van der Waals surface area (Å²) in [5.41, 5.74) is 2.02. The maximum atomic E-state index is 13.3. The number of aromatic nitrogens is 2. The van der Waals surface area contributed by atoms with Crippen LogP contribution in [-0.4, -0.2) is 58.5 Å². The number of ether oxygens (including phenoxy) is 1. The standard InChI is InChI=1S/C22H21F2N3O2/c23-22(24)20-11-27(12-21(20)22)10-18(28)13-29-19-4-3-14-1-2-15(7-17(14)8-19)16-5-6-25-26-9-16/h1-9,18,20-21,28H,10-13H2. The first-order valence-electron chi connectivity index (χ1n) is 9.72. The molecule has 7 heteroatoms. The van der Waals surface area contributed by atoms with Crippen molar-refractivity contribution in [2.45, 2.75) is 12.0 Å². The van der Waals surface area contributed by atoms with Crippen molar-refractivity contribution in [3.63, 3.8) is 0 Å². The maximum absolute atomic E-state index is 13.3. The molecule has 1 aliphatic carbocycles. The molecule has 2 aliphatic rings. The van der Waals surface area contributed by atoms with E-state index in [0.29, 0.717) is 25.4 Å². The lowest BCUT2D eigenvalue weighted by Crippen LogP contribution is -2.37. The Balaban J connectivity index is 1.21. The number of nitrogens with zero attached hydrogens (tertiary/aromatic N) is 3. The molecule has 0 amide bonds. The summed E-state index contributed by atoms with van der Waals surface area (Å²) in [4.78, 5) is 1.90. The molecule has 3 unspecified atom stereocenters. The van der Waals surface area contributed by atoms with Gasteiger partial charge in [0.2, 0.25) is 0 Å². The topological polar surface area (TPSA) is 58.5 Å². The fourth-order valence-electron chi connectivity index (χ4n) is 4.24. The Kier molecular flexibility index (Phi) is 4.44. The second-order valence-electron chi connectivity index (χ2n) is 7.93. The quantitative estimate of drug-likeness (QED) is 0.692. The Labute approximate surface area is 166 Å². The van der Waals surface area contributed by atoms with Crippen molar-refractivity contribution in [1.29, 1.82) is 0 Å². The summed E-state index contributed by atoms with van der Waals surface area (Å²) >= 11 is 0. The SMILES string of the molecule is OC(COc1ccc2ccc(-c3ccnnc3)cc2c1)CN1CC2C(C1)C2(F)F. The molecule has 1 saturated heterocycles. The third kappa shape index (κ3) is 3.56. The minimum atomic E-state index is -2.49. The van der Waals surface area contributed by atoms with Crippen molar-refractivity contribution in [1.82, 2.24) is 15.1 Å². The van der Waals surface area contributed by atoms with Gasteiger partial charge in [0, 0.05) is 37.0 Å². The molecule has 1 saturated carbocycles. The Morgan fingerprint density at radius 2 is 1.83 bits per heavy atom. The number of β-amino-alcohol motifs (C(OH)–C–C–N with tert-alkyl or cyclic N) is 1. The maximum Gasteiger partial charge on any atom is 0.257 e. The molecule has 0 spiro atoms. The first-order chi connectivity index (χ1) is 14.0. The van der Waals surface area contributed by atoms with Crippen molar-refractivity contribution in [3.05, 3.63) is 54.9 Å². The summed E-state index contributed by atoms with van der Waals surface area (Å²) in [5.74, 6) is -2.88. The molecule has 5 nitrogen and oxygen atoms in total. The zero-order valence-corrected chi connectivity index (χ0v) is 15.7. The van der Waals surface area contributed by atoms with Crippen LogP contribution in [0, 0.1) is 11.8 Å². The molecule has 29 heavy (non-hydrogen) atoms. The molecular weight excluding hydrogens is 376 g/mol. The summed E-state index contributed by atoms with van der Waals surface area (Å²) in [6.45, 7) is 1.20. The van der Waals surface area contributed by atoms with E-state index < -0.39 is 23.9 Å². The molecule has 2 aromatic carbocycles. The first-order valence-corrected chi connectivity index (χ1v) is 9.72. The second kappa shape index (κ2) is 7.00. The van der Waals surface area contributed by atoms with Gasteiger partial charge in [0.25, 0.3) is 5.92 Å². The monoisotopic (exact) mass is 397 g/mol. The van der Waals surface area contributed by atoms with Crippen LogP contribution in [-0.2, 0) is 0 Å². The number of hydrogen-bond acceptors (Lipinski definition) is 5. The third-order valence-electron chi connectivity index (χ3n) is 5.92. The average Bonchev–Trinajstić information content (AvgIpc) is 3.06. The number of likely N-dealkylation sites (tertiary alicyclic amines) is 1. The second-order valence-corrected chi connectivity index (χ2v) is 7.93. The molecule has 2 fully saturated rings. The molecule has 5 rings (SSSR count). The highest BCUT2D eigenvalue weighted by Crippen LogP contribution is 2.59. The van der Waals surface area contributed by atoms with Crippen LogP contribution in [0.1, 0.15) is 0 Å². The van der Waals surface area contributed by atoms with E-state index in [1.165, 1.54) is 0 Å². The minimum absolute atomic E-state index is 0.127. The van der Waals surface area contributed by atoms with Crippen LogP contribution in [0.4, 0.5) is 8.78 Å². The molecule has 0 radical (unpaired) electrons. The van der Waals surface area contributed by atoms with Gasteiger partial charge < -0.3 is 9.84 Å². The van der Waals surface area contributed by atoms with Crippen LogP contribution < -0.4 is 4.74 Å². The number of piperidine rings is 1. The lowest BCUT2D eigenvalue weighted by molar-refractivity contribution is 0.0302. The van der Waals surface area contributed by atoms with Crippen LogP contribution in [0.3, 0.4) is 0 Å². The van der Waals surface area contributed by atoms with Crippen LogP contribution in [0.25, 0.3) is 21.9 Å². The Bertz CT molecular complexity index is 1020. The highest BCUT2D eigenvalue weighted by Gasteiger charge is 2.71. The van der Waals surface area contributed by atoms with Gasteiger partial charge in [-0.25, -0.2) is 8.78 Å². The molecule has 2 heterocycles. The van der Waals surface area contributed by atoms with E-state index >= 15 is 0 Å². The highest BCUT2D eigenvalue weighted by molar-refractivity contribution is 5.88. The van der Waals surface area contributed by atoms with Gasteiger partial charge in [-0.05, 0) is 40.6 Å². The van der Waals surface area contributed by atoms with Crippen LogP contribution in [0.5, 0.6) is 5.75 Å². The van der Waals surface area contributed by atoms with E-state index in [1.807, 2.05) is 41.3 Å². The smallest absolute Gasteiger partial charge is 0.257 e. The zero-order chi connectivity index (χ0) is 20.0. The number of hydrogen-bond donors (Lipinski definition) is 1. The van der Waals surface area contributed by atoms with Crippen molar-refractivity contribution >= 4 is 10.8 Å². The van der Waals surface area contributed by atoms with E-state index in [4.69, 9.17) is 4.74 Å². The van der Waals surface area contributed by atoms with Crippen LogP contribution >= 0.6 is 0 Å². The van der Waals surface area contributed by atoms with E-state index in [1.54, 1.807) is 12.4 Å². The van der Waals surface area contributed by atoms with E-state index in [2.05, 4.69) is 16.3 Å². The summed E-state index contributed by atoms with van der Waals surface area (Å²) in [6.07, 6.45) is 2.66. The molecule has 150 valence electrons. The van der Waals surface area contributed by atoms with Crippen molar-refractivity contribution in [3.8, 4) is 16.9 Å². The molecule has 3 atom stereocenters. The summed E-state index contributed by atoms with van der Waals surface area (Å²) in [6, 6.07) is 13.8. The van der Waals surface area contributed by atoms with Crippen molar-refractivity contribution in [2.75, 3.05) is 26.2 Å². The van der Waals surface area contributed by atoms with Crippen LogP contribution in [0.2, 0.25) is 0 Å². The fourth-order valence-corrected chi connectivity index (χ4v) is 4.24.